The third-order valence-electron chi connectivity index (χ3n) is 3.84. The molecule has 0 bridgehead atoms. The summed E-state index contributed by atoms with van der Waals surface area (Å²) in [6.45, 7) is 0.261. The fourth-order valence-corrected chi connectivity index (χ4v) is 2.70. The Morgan fingerprint density at radius 3 is 2.88 bits per heavy atom. The number of carbonyl (C=O) groups excluding carboxylic acids is 1. The van der Waals surface area contributed by atoms with E-state index in [9.17, 15) is 4.79 Å². The maximum atomic E-state index is 12.4. The van der Waals surface area contributed by atoms with Gasteiger partial charge in [-0.1, -0.05) is 16.8 Å². The van der Waals surface area contributed by atoms with E-state index in [1.165, 1.54) is 0 Å². The molecule has 6 nitrogen and oxygen atoms in total. The molecule has 0 aliphatic heterocycles. The van der Waals surface area contributed by atoms with E-state index in [1.807, 2.05) is 18.2 Å². The molecule has 3 aromatic heterocycles. The van der Waals surface area contributed by atoms with Gasteiger partial charge < -0.3 is 14.8 Å². The highest BCUT2D eigenvalue weighted by molar-refractivity contribution is 6.30. The predicted molar refractivity (Wildman–Crippen MR) is 94.2 cm³/mol. The lowest BCUT2D eigenvalue weighted by Crippen LogP contribution is -2.23. The van der Waals surface area contributed by atoms with Gasteiger partial charge in [-0.2, -0.15) is 0 Å². The number of hydrogen-bond donors (Lipinski definition) is 2. The molecule has 1 aromatic carbocycles. The van der Waals surface area contributed by atoms with Crippen LogP contribution in [0.3, 0.4) is 0 Å². The summed E-state index contributed by atoms with van der Waals surface area (Å²) in [5.41, 5.74) is 2.84. The van der Waals surface area contributed by atoms with Crippen molar-refractivity contribution in [3.05, 3.63) is 71.3 Å². The predicted octanol–water partition coefficient (Wildman–Crippen LogP) is 3.80. The van der Waals surface area contributed by atoms with Gasteiger partial charge in [0.05, 0.1) is 23.8 Å². The molecule has 0 spiro atoms. The quantitative estimate of drug-likeness (QED) is 0.585. The van der Waals surface area contributed by atoms with Crippen LogP contribution in [0.15, 0.2) is 59.5 Å². The summed E-state index contributed by atoms with van der Waals surface area (Å²) in [6.07, 6.45) is 5.01. The van der Waals surface area contributed by atoms with Gasteiger partial charge >= 0.3 is 0 Å². The summed E-state index contributed by atoms with van der Waals surface area (Å²) < 4.78 is 5.32. The molecule has 0 radical (unpaired) electrons. The van der Waals surface area contributed by atoms with Gasteiger partial charge in [0.2, 0.25) is 0 Å². The van der Waals surface area contributed by atoms with Crippen molar-refractivity contribution in [3.63, 3.8) is 0 Å². The van der Waals surface area contributed by atoms with Crippen LogP contribution in [0.2, 0.25) is 5.02 Å². The summed E-state index contributed by atoms with van der Waals surface area (Å²) in [7, 11) is 0. The SMILES string of the molecule is O=C(NCc1cc(-c2ccc(Cl)cc2)on1)c1cncc2[nH]ccc12. The number of nitrogens with one attached hydrogen (secondary N) is 2. The Bertz CT molecular complexity index is 1040. The van der Waals surface area contributed by atoms with Gasteiger partial charge in [0.15, 0.2) is 5.76 Å². The summed E-state index contributed by atoms with van der Waals surface area (Å²) in [6, 6.07) is 10.9. The Morgan fingerprint density at radius 2 is 2.04 bits per heavy atom. The second kappa shape index (κ2) is 6.41. The van der Waals surface area contributed by atoms with E-state index < -0.39 is 0 Å². The van der Waals surface area contributed by atoms with Crippen molar-refractivity contribution in [2.75, 3.05) is 0 Å². The number of H-pyrrole nitrogens is 1. The fraction of sp³-hybridized carbons (Fsp3) is 0.0556. The monoisotopic (exact) mass is 352 g/mol. The first-order valence-electron chi connectivity index (χ1n) is 7.61. The van der Waals surface area contributed by atoms with Crippen molar-refractivity contribution >= 4 is 28.4 Å². The number of aromatic nitrogens is 3. The van der Waals surface area contributed by atoms with Crippen molar-refractivity contribution < 1.29 is 9.32 Å². The van der Waals surface area contributed by atoms with Gasteiger partial charge in [0.1, 0.15) is 5.69 Å². The number of carbonyl (C=O) groups is 1. The summed E-state index contributed by atoms with van der Waals surface area (Å²) >= 11 is 5.88. The van der Waals surface area contributed by atoms with E-state index in [1.54, 1.807) is 36.8 Å². The lowest BCUT2D eigenvalue weighted by Gasteiger charge is -2.03. The normalized spacial score (nSPS) is 10.9. The molecule has 0 aliphatic rings. The van der Waals surface area contributed by atoms with Gasteiger partial charge in [-0.15, -0.1) is 0 Å². The molecule has 0 atom stereocenters. The van der Waals surface area contributed by atoms with E-state index in [2.05, 4.69) is 20.4 Å². The zero-order chi connectivity index (χ0) is 17.2. The minimum Gasteiger partial charge on any atom is -0.360 e. The van der Waals surface area contributed by atoms with Gasteiger partial charge in [0, 0.05) is 34.4 Å². The molecule has 0 saturated heterocycles. The van der Waals surface area contributed by atoms with Crippen molar-refractivity contribution in [1.29, 1.82) is 0 Å². The highest BCUT2D eigenvalue weighted by atomic mass is 35.5. The van der Waals surface area contributed by atoms with Crippen LogP contribution >= 0.6 is 11.6 Å². The third-order valence-corrected chi connectivity index (χ3v) is 4.09. The molecule has 0 unspecified atom stereocenters. The summed E-state index contributed by atoms with van der Waals surface area (Å²) in [5.74, 6) is 0.407. The highest BCUT2D eigenvalue weighted by Crippen LogP contribution is 2.22. The number of amides is 1. The van der Waals surface area contributed by atoms with Gasteiger partial charge in [0.25, 0.3) is 5.91 Å². The molecule has 0 fully saturated rings. The van der Waals surface area contributed by atoms with Crippen LogP contribution in [0.5, 0.6) is 0 Å². The standard InChI is InChI=1S/C18H13ClN4O2/c19-12-3-1-11(2-4-12)17-7-13(23-25-17)8-22-18(24)15-9-20-10-16-14(15)5-6-21-16/h1-7,9-10,21H,8H2,(H,22,24). The van der Waals surface area contributed by atoms with Crippen LogP contribution in [0.4, 0.5) is 0 Å². The third kappa shape index (κ3) is 3.12. The van der Waals surface area contributed by atoms with E-state index in [0.717, 1.165) is 16.5 Å². The largest absolute Gasteiger partial charge is 0.360 e. The molecule has 3 heterocycles. The summed E-state index contributed by atoms with van der Waals surface area (Å²) in [5, 5.41) is 8.31. The molecule has 25 heavy (non-hydrogen) atoms. The van der Waals surface area contributed by atoms with Gasteiger partial charge in [-0.25, -0.2) is 0 Å². The molecule has 0 saturated carbocycles. The second-order valence-electron chi connectivity index (χ2n) is 5.50. The molecule has 7 heteroatoms. The van der Waals surface area contributed by atoms with Crippen molar-refractivity contribution in [3.8, 4) is 11.3 Å². The Hall–Kier alpha value is -3.12. The molecule has 0 aliphatic carbocycles. The number of hydrogen-bond acceptors (Lipinski definition) is 4. The number of fused-ring (bicyclic) bond motifs is 1. The first-order valence-corrected chi connectivity index (χ1v) is 7.99. The van der Waals surface area contributed by atoms with Crippen molar-refractivity contribution in [2.24, 2.45) is 0 Å². The molecule has 1 amide bonds. The van der Waals surface area contributed by atoms with Crippen LogP contribution in [0.1, 0.15) is 16.1 Å². The van der Waals surface area contributed by atoms with Crippen molar-refractivity contribution in [2.45, 2.75) is 6.54 Å². The topological polar surface area (TPSA) is 83.8 Å². The number of pyridine rings is 1. The lowest BCUT2D eigenvalue weighted by molar-refractivity contribution is 0.0951. The van der Waals surface area contributed by atoms with Crippen LogP contribution in [0.25, 0.3) is 22.2 Å². The molecular weight excluding hydrogens is 340 g/mol. The van der Waals surface area contributed by atoms with E-state index in [-0.39, 0.29) is 12.5 Å². The maximum absolute atomic E-state index is 12.4. The molecule has 4 aromatic rings. The fourth-order valence-electron chi connectivity index (χ4n) is 2.57. The number of rotatable bonds is 4. The van der Waals surface area contributed by atoms with Crippen LogP contribution in [-0.4, -0.2) is 21.0 Å². The first-order chi connectivity index (χ1) is 12.2. The number of aromatic amines is 1. The Balaban J connectivity index is 1.47. The smallest absolute Gasteiger partial charge is 0.253 e. The minimum atomic E-state index is -0.214. The molecular formula is C18H13ClN4O2. The average molecular weight is 353 g/mol. The number of halogens is 1. The van der Waals surface area contributed by atoms with Gasteiger partial charge in [-0.05, 0) is 30.3 Å². The van der Waals surface area contributed by atoms with Gasteiger partial charge in [-0.3, -0.25) is 9.78 Å². The van der Waals surface area contributed by atoms with Crippen molar-refractivity contribution in [1.82, 2.24) is 20.4 Å². The molecule has 4 rings (SSSR count). The molecule has 2 N–H and O–H groups in total. The van der Waals surface area contributed by atoms with Crippen LogP contribution in [0, 0.1) is 0 Å². The highest BCUT2D eigenvalue weighted by Gasteiger charge is 2.12. The minimum absolute atomic E-state index is 0.214. The maximum Gasteiger partial charge on any atom is 0.253 e. The Morgan fingerprint density at radius 1 is 1.20 bits per heavy atom. The van der Waals surface area contributed by atoms with E-state index in [4.69, 9.17) is 16.1 Å². The molecule has 124 valence electrons. The Labute approximate surface area is 147 Å². The second-order valence-corrected chi connectivity index (χ2v) is 5.93. The van der Waals surface area contributed by atoms with E-state index >= 15 is 0 Å². The zero-order valence-electron chi connectivity index (χ0n) is 13.0. The number of benzene rings is 1. The van der Waals surface area contributed by atoms with Crippen LogP contribution < -0.4 is 5.32 Å². The lowest BCUT2D eigenvalue weighted by atomic mass is 10.1. The number of nitrogens with zero attached hydrogens (tertiary/aromatic N) is 2. The summed E-state index contributed by atoms with van der Waals surface area (Å²) in [4.78, 5) is 19.5. The van der Waals surface area contributed by atoms with E-state index in [0.29, 0.717) is 22.0 Å². The Kier molecular flexibility index (Phi) is 3.95. The zero-order valence-corrected chi connectivity index (χ0v) is 13.7. The van der Waals surface area contributed by atoms with Crippen LogP contribution in [-0.2, 0) is 6.54 Å². The average Bonchev–Trinajstić information content (AvgIpc) is 3.29. The first kappa shape index (κ1) is 15.4.